The molecule has 1 aromatic heterocycles. The van der Waals surface area contributed by atoms with Gasteiger partial charge in [0, 0.05) is 18.5 Å². The Kier molecular flexibility index (Phi) is 3.85. The van der Waals surface area contributed by atoms with Gasteiger partial charge in [0.1, 0.15) is 5.75 Å². The highest BCUT2D eigenvalue weighted by atomic mass is 32.2. The minimum atomic E-state index is -3.29. The summed E-state index contributed by atoms with van der Waals surface area (Å²) in [5.74, 6) is 0.499. The zero-order chi connectivity index (χ0) is 14.8. The van der Waals surface area contributed by atoms with Crippen LogP contribution in [0.5, 0.6) is 11.6 Å². The van der Waals surface area contributed by atoms with E-state index in [1.807, 2.05) is 0 Å². The number of hydrogen-bond acceptors (Lipinski definition) is 5. The second kappa shape index (κ2) is 5.42. The van der Waals surface area contributed by atoms with Gasteiger partial charge in [0.15, 0.2) is 15.6 Å². The molecule has 0 amide bonds. The van der Waals surface area contributed by atoms with Crippen LogP contribution in [0.2, 0.25) is 0 Å². The summed E-state index contributed by atoms with van der Waals surface area (Å²) in [6.07, 6.45) is 2.33. The number of benzene rings is 1. The average molecular weight is 291 g/mol. The number of pyridine rings is 1. The van der Waals surface area contributed by atoms with Crippen molar-refractivity contribution in [2.45, 2.75) is 11.8 Å². The molecule has 0 saturated carbocycles. The standard InChI is InChI=1S/C14H13NO4S/c1-10(16)12-5-3-4-6-13(12)19-14-8-7-11(9-15-14)20(2,17)18/h3-9H,1-2H3. The molecule has 1 heterocycles. The van der Waals surface area contributed by atoms with Crippen molar-refractivity contribution in [2.24, 2.45) is 0 Å². The normalized spacial score (nSPS) is 11.1. The summed E-state index contributed by atoms with van der Waals surface area (Å²) in [5.41, 5.74) is 0.446. The van der Waals surface area contributed by atoms with Crippen molar-refractivity contribution in [3.8, 4) is 11.6 Å². The highest BCUT2D eigenvalue weighted by molar-refractivity contribution is 7.90. The number of rotatable bonds is 4. The molecule has 20 heavy (non-hydrogen) atoms. The molecule has 2 rings (SSSR count). The molecular formula is C14H13NO4S. The summed E-state index contributed by atoms with van der Waals surface area (Å²) in [4.78, 5) is 15.5. The minimum Gasteiger partial charge on any atom is -0.438 e. The van der Waals surface area contributed by atoms with Crippen molar-refractivity contribution in [3.63, 3.8) is 0 Å². The molecule has 1 aromatic carbocycles. The molecule has 5 nitrogen and oxygen atoms in total. The molecule has 6 heteroatoms. The highest BCUT2D eigenvalue weighted by Crippen LogP contribution is 2.24. The quantitative estimate of drug-likeness (QED) is 0.809. The lowest BCUT2D eigenvalue weighted by molar-refractivity contribution is 0.101. The lowest BCUT2D eigenvalue weighted by Crippen LogP contribution is -2.00. The number of Topliss-reactive ketones (excluding diaryl/α,β-unsaturated/α-hetero) is 1. The van der Waals surface area contributed by atoms with Crippen LogP contribution in [0.4, 0.5) is 0 Å². The molecule has 2 aromatic rings. The van der Waals surface area contributed by atoms with Crippen LogP contribution in [0.15, 0.2) is 47.5 Å². The van der Waals surface area contributed by atoms with Crippen molar-refractivity contribution < 1.29 is 17.9 Å². The molecule has 0 aliphatic rings. The Balaban J connectivity index is 2.30. The molecule has 0 aliphatic heterocycles. The van der Waals surface area contributed by atoms with Gasteiger partial charge >= 0.3 is 0 Å². The van der Waals surface area contributed by atoms with E-state index in [4.69, 9.17) is 4.74 Å². The first-order chi connectivity index (χ1) is 9.38. The van der Waals surface area contributed by atoms with Gasteiger partial charge in [-0.1, -0.05) is 12.1 Å². The van der Waals surface area contributed by atoms with Crippen LogP contribution in [0, 0.1) is 0 Å². The van der Waals surface area contributed by atoms with Gasteiger partial charge in [0.25, 0.3) is 0 Å². The van der Waals surface area contributed by atoms with E-state index in [0.29, 0.717) is 11.3 Å². The van der Waals surface area contributed by atoms with E-state index in [-0.39, 0.29) is 16.6 Å². The predicted octanol–water partition coefficient (Wildman–Crippen LogP) is 2.48. The van der Waals surface area contributed by atoms with Crippen molar-refractivity contribution in [1.29, 1.82) is 0 Å². The second-order valence-electron chi connectivity index (χ2n) is 4.26. The highest BCUT2D eigenvalue weighted by Gasteiger charge is 2.11. The number of ketones is 1. The molecule has 0 bridgehead atoms. The maximum atomic E-state index is 11.5. The SMILES string of the molecule is CC(=O)c1ccccc1Oc1ccc(S(C)(=O)=O)cn1. The lowest BCUT2D eigenvalue weighted by atomic mass is 10.1. The van der Waals surface area contributed by atoms with E-state index in [2.05, 4.69) is 4.98 Å². The van der Waals surface area contributed by atoms with Crippen LogP contribution in [0.1, 0.15) is 17.3 Å². The first-order valence-electron chi connectivity index (χ1n) is 5.82. The van der Waals surface area contributed by atoms with Gasteiger partial charge in [-0.15, -0.1) is 0 Å². The molecule has 0 atom stereocenters. The van der Waals surface area contributed by atoms with Crippen molar-refractivity contribution in [1.82, 2.24) is 4.98 Å². The van der Waals surface area contributed by atoms with E-state index < -0.39 is 9.84 Å². The average Bonchev–Trinajstić information content (AvgIpc) is 2.38. The molecule has 0 aliphatic carbocycles. The summed E-state index contributed by atoms with van der Waals surface area (Å²) in [5, 5.41) is 0. The second-order valence-corrected chi connectivity index (χ2v) is 6.27. The van der Waals surface area contributed by atoms with E-state index in [9.17, 15) is 13.2 Å². The smallest absolute Gasteiger partial charge is 0.219 e. The van der Waals surface area contributed by atoms with Gasteiger partial charge < -0.3 is 4.74 Å². The summed E-state index contributed by atoms with van der Waals surface area (Å²) < 4.78 is 28.2. The summed E-state index contributed by atoms with van der Waals surface area (Å²) >= 11 is 0. The fourth-order valence-electron chi connectivity index (χ4n) is 1.61. The Morgan fingerprint density at radius 2 is 1.85 bits per heavy atom. The van der Waals surface area contributed by atoms with E-state index in [0.717, 1.165) is 6.26 Å². The first-order valence-corrected chi connectivity index (χ1v) is 7.71. The van der Waals surface area contributed by atoms with Crippen LogP contribution < -0.4 is 4.74 Å². The largest absolute Gasteiger partial charge is 0.438 e. The Morgan fingerprint density at radius 1 is 1.15 bits per heavy atom. The first kappa shape index (κ1) is 14.2. The van der Waals surface area contributed by atoms with E-state index in [1.165, 1.54) is 25.3 Å². The van der Waals surface area contributed by atoms with Gasteiger partial charge in [-0.05, 0) is 25.1 Å². The molecule has 0 radical (unpaired) electrons. The van der Waals surface area contributed by atoms with E-state index in [1.54, 1.807) is 24.3 Å². The zero-order valence-corrected chi connectivity index (χ0v) is 11.8. The van der Waals surface area contributed by atoms with Crippen LogP contribution in [0.25, 0.3) is 0 Å². The number of carbonyl (C=O) groups is 1. The molecule has 104 valence electrons. The third kappa shape index (κ3) is 3.21. The number of aromatic nitrogens is 1. The Hall–Kier alpha value is -2.21. The number of para-hydroxylation sites is 1. The van der Waals surface area contributed by atoms with Crippen molar-refractivity contribution >= 4 is 15.6 Å². The van der Waals surface area contributed by atoms with Crippen LogP contribution in [-0.2, 0) is 9.84 Å². The monoisotopic (exact) mass is 291 g/mol. The third-order valence-electron chi connectivity index (χ3n) is 2.62. The van der Waals surface area contributed by atoms with Gasteiger partial charge in [0.05, 0.1) is 10.5 Å². The number of carbonyl (C=O) groups excluding carboxylic acids is 1. The summed E-state index contributed by atoms with van der Waals surface area (Å²) in [6.45, 7) is 1.45. The maximum absolute atomic E-state index is 11.5. The molecular weight excluding hydrogens is 278 g/mol. The van der Waals surface area contributed by atoms with Gasteiger partial charge in [-0.3, -0.25) is 4.79 Å². The minimum absolute atomic E-state index is 0.115. The Labute approximate surface area is 117 Å². The number of nitrogens with zero attached hydrogens (tertiary/aromatic N) is 1. The predicted molar refractivity (Wildman–Crippen MR) is 73.9 cm³/mol. The number of hydrogen-bond donors (Lipinski definition) is 0. The topological polar surface area (TPSA) is 73.3 Å². The molecule has 0 spiro atoms. The molecule has 0 unspecified atom stereocenters. The Bertz CT molecular complexity index is 736. The van der Waals surface area contributed by atoms with Gasteiger partial charge in [0.2, 0.25) is 5.88 Å². The lowest BCUT2D eigenvalue weighted by Gasteiger charge is -2.08. The van der Waals surface area contributed by atoms with Gasteiger partial charge in [-0.2, -0.15) is 0 Å². The van der Waals surface area contributed by atoms with Crippen LogP contribution in [0.3, 0.4) is 0 Å². The van der Waals surface area contributed by atoms with Gasteiger partial charge in [-0.25, -0.2) is 13.4 Å². The van der Waals surface area contributed by atoms with E-state index >= 15 is 0 Å². The summed E-state index contributed by atoms with van der Waals surface area (Å²) in [7, 11) is -3.29. The molecule has 0 saturated heterocycles. The van der Waals surface area contributed by atoms with Crippen LogP contribution in [-0.4, -0.2) is 25.4 Å². The van der Waals surface area contributed by atoms with Crippen molar-refractivity contribution in [2.75, 3.05) is 6.26 Å². The number of ether oxygens (including phenoxy) is 1. The molecule has 0 fully saturated rings. The summed E-state index contributed by atoms with van der Waals surface area (Å²) in [6, 6.07) is 9.66. The molecule has 0 N–H and O–H groups in total. The van der Waals surface area contributed by atoms with Crippen molar-refractivity contribution in [3.05, 3.63) is 48.2 Å². The number of sulfone groups is 1. The van der Waals surface area contributed by atoms with Crippen LogP contribution >= 0.6 is 0 Å². The Morgan fingerprint density at radius 3 is 2.40 bits per heavy atom. The fraction of sp³-hybridized carbons (Fsp3) is 0.143. The maximum Gasteiger partial charge on any atom is 0.219 e. The fourth-order valence-corrected chi connectivity index (χ4v) is 2.17. The zero-order valence-electron chi connectivity index (χ0n) is 11.0. The third-order valence-corrected chi connectivity index (χ3v) is 3.72.